The van der Waals surface area contributed by atoms with E-state index < -0.39 is 5.60 Å². The Balaban J connectivity index is 1.59. The van der Waals surface area contributed by atoms with Gasteiger partial charge in [0.25, 0.3) is 0 Å². The van der Waals surface area contributed by atoms with Crippen molar-refractivity contribution in [3.63, 3.8) is 0 Å². The van der Waals surface area contributed by atoms with Crippen molar-refractivity contribution >= 4 is 0 Å². The molecule has 0 spiro atoms. The van der Waals surface area contributed by atoms with Crippen LogP contribution in [-0.4, -0.2) is 29.7 Å². The Labute approximate surface area is 193 Å². The van der Waals surface area contributed by atoms with E-state index in [1.807, 2.05) is 0 Å². The van der Waals surface area contributed by atoms with Crippen molar-refractivity contribution < 1.29 is 5.11 Å². The number of aliphatic hydroxyl groups is 1. The molecule has 0 heterocycles. The number of aryl methyl sites for hydroxylation is 1. The zero-order chi connectivity index (χ0) is 22.4. The standard InChI is InChI=1S/C30H37NO/c1-31(2)29(26-18-10-5-11-19-26)28-23-27(25-16-8-4-9-17-25)20-22-30(28,32)21-12-15-24-13-6-3-7-14-24/h3-11,13-14,16-19,27-29,32H,12,15,20-23H2,1-2H3. The van der Waals surface area contributed by atoms with Crippen LogP contribution >= 0.6 is 0 Å². The monoisotopic (exact) mass is 427 g/mol. The predicted molar refractivity (Wildman–Crippen MR) is 134 cm³/mol. The molecular formula is C30H37NO. The molecule has 0 aromatic heterocycles. The van der Waals surface area contributed by atoms with Gasteiger partial charge in [0.05, 0.1) is 5.60 Å². The van der Waals surface area contributed by atoms with Crippen LogP contribution in [0, 0.1) is 5.92 Å². The molecular weight excluding hydrogens is 390 g/mol. The van der Waals surface area contributed by atoms with Gasteiger partial charge < -0.3 is 10.0 Å². The summed E-state index contributed by atoms with van der Waals surface area (Å²) >= 11 is 0. The Hall–Kier alpha value is -2.42. The molecule has 4 atom stereocenters. The average molecular weight is 428 g/mol. The zero-order valence-corrected chi connectivity index (χ0v) is 19.5. The Morgan fingerprint density at radius 1 is 0.875 bits per heavy atom. The number of rotatable bonds is 8. The van der Waals surface area contributed by atoms with Gasteiger partial charge in [-0.25, -0.2) is 0 Å². The van der Waals surface area contributed by atoms with Gasteiger partial charge in [0.2, 0.25) is 0 Å². The van der Waals surface area contributed by atoms with Crippen molar-refractivity contribution in [3.05, 3.63) is 108 Å². The lowest BCUT2D eigenvalue weighted by Crippen LogP contribution is -2.48. The predicted octanol–water partition coefficient (Wildman–Crippen LogP) is 6.63. The Morgan fingerprint density at radius 3 is 2.09 bits per heavy atom. The van der Waals surface area contributed by atoms with E-state index in [0.717, 1.165) is 38.5 Å². The van der Waals surface area contributed by atoms with Crippen LogP contribution in [0.25, 0.3) is 0 Å². The number of nitrogens with zero attached hydrogens (tertiary/aromatic N) is 1. The van der Waals surface area contributed by atoms with E-state index >= 15 is 0 Å². The maximum absolute atomic E-state index is 12.1. The quantitative estimate of drug-likeness (QED) is 0.436. The van der Waals surface area contributed by atoms with Crippen LogP contribution in [0.2, 0.25) is 0 Å². The highest BCUT2D eigenvalue weighted by molar-refractivity contribution is 5.25. The summed E-state index contributed by atoms with van der Waals surface area (Å²) in [5, 5.41) is 12.1. The second kappa shape index (κ2) is 10.5. The van der Waals surface area contributed by atoms with E-state index in [0.29, 0.717) is 5.92 Å². The maximum Gasteiger partial charge on any atom is 0.0694 e. The minimum absolute atomic E-state index is 0.189. The lowest BCUT2D eigenvalue weighted by molar-refractivity contribution is -0.0888. The highest BCUT2D eigenvalue weighted by Crippen LogP contribution is 2.50. The molecule has 0 bridgehead atoms. The molecule has 0 aliphatic heterocycles. The third-order valence-electron chi connectivity index (χ3n) is 7.42. The van der Waals surface area contributed by atoms with Gasteiger partial charge in [0.15, 0.2) is 0 Å². The molecule has 2 heteroatoms. The van der Waals surface area contributed by atoms with Crippen molar-refractivity contribution in [2.75, 3.05) is 14.1 Å². The molecule has 1 N–H and O–H groups in total. The molecule has 1 aliphatic carbocycles. The molecule has 1 aliphatic rings. The van der Waals surface area contributed by atoms with Crippen molar-refractivity contribution in [2.24, 2.45) is 5.92 Å². The summed E-state index contributed by atoms with van der Waals surface area (Å²) in [5.41, 5.74) is 3.43. The molecule has 168 valence electrons. The van der Waals surface area contributed by atoms with E-state index in [1.165, 1.54) is 16.7 Å². The molecule has 0 saturated heterocycles. The Morgan fingerprint density at radius 2 is 1.47 bits per heavy atom. The fourth-order valence-corrected chi connectivity index (χ4v) is 5.80. The normalized spacial score (nSPS) is 24.4. The first-order valence-corrected chi connectivity index (χ1v) is 12.1. The first-order valence-electron chi connectivity index (χ1n) is 12.1. The van der Waals surface area contributed by atoms with Gasteiger partial charge in [-0.1, -0.05) is 91.0 Å². The van der Waals surface area contributed by atoms with Crippen LogP contribution in [0.4, 0.5) is 0 Å². The maximum atomic E-state index is 12.1. The number of hydrogen-bond acceptors (Lipinski definition) is 2. The highest BCUT2D eigenvalue weighted by atomic mass is 16.3. The fourth-order valence-electron chi connectivity index (χ4n) is 5.80. The average Bonchev–Trinajstić information content (AvgIpc) is 2.82. The Bertz CT molecular complexity index is 936. The van der Waals surface area contributed by atoms with Crippen molar-refractivity contribution in [1.29, 1.82) is 0 Å². The van der Waals surface area contributed by atoms with Gasteiger partial charge in [-0.3, -0.25) is 0 Å². The first kappa shape index (κ1) is 22.8. The zero-order valence-electron chi connectivity index (χ0n) is 19.5. The molecule has 0 radical (unpaired) electrons. The van der Waals surface area contributed by atoms with Gasteiger partial charge in [0, 0.05) is 12.0 Å². The minimum atomic E-state index is -0.648. The molecule has 0 amide bonds. The van der Waals surface area contributed by atoms with E-state index in [9.17, 15) is 5.11 Å². The van der Waals surface area contributed by atoms with Crippen LogP contribution < -0.4 is 0 Å². The van der Waals surface area contributed by atoms with E-state index in [2.05, 4.69) is 110 Å². The van der Waals surface area contributed by atoms with Gasteiger partial charge in [-0.2, -0.15) is 0 Å². The van der Waals surface area contributed by atoms with Gasteiger partial charge in [-0.15, -0.1) is 0 Å². The third kappa shape index (κ3) is 5.31. The van der Waals surface area contributed by atoms with Gasteiger partial charge >= 0.3 is 0 Å². The molecule has 3 aromatic rings. The summed E-state index contributed by atoms with van der Waals surface area (Å²) in [7, 11) is 4.32. The largest absolute Gasteiger partial charge is 0.390 e. The molecule has 32 heavy (non-hydrogen) atoms. The molecule has 1 saturated carbocycles. The second-order valence-electron chi connectivity index (χ2n) is 9.75. The van der Waals surface area contributed by atoms with Crippen LogP contribution in [0.15, 0.2) is 91.0 Å². The number of benzene rings is 3. The van der Waals surface area contributed by atoms with Gasteiger partial charge in [-0.05, 0) is 75.2 Å². The van der Waals surface area contributed by atoms with Crippen LogP contribution in [0.5, 0.6) is 0 Å². The topological polar surface area (TPSA) is 23.5 Å². The smallest absolute Gasteiger partial charge is 0.0694 e. The van der Waals surface area contributed by atoms with Crippen LogP contribution in [-0.2, 0) is 6.42 Å². The van der Waals surface area contributed by atoms with Gasteiger partial charge in [0.1, 0.15) is 0 Å². The minimum Gasteiger partial charge on any atom is -0.390 e. The first-order chi connectivity index (χ1) is 15.6. The van der Waals surface area contributed by atoms with Crippen LogP contribution in [0.3, 0.4) is 0 Å². The van der Waals surface area contributed by atoms with Crippen molar-refractivity contribution in [3.8, 4) is 0 Å². The van der Waals surface area contributed by atoms with Crippen LogP contribution in [0.1, 0.15) is 60.8 Å². The van der Waals surface area contributed by atoms with E-state index in [1.54, 1.807) is 0 Å². The molecule has 2 nitrogen and oxygen atoms in total. The lowest BCUT2D eigenvalue weighted by atomic mass is 9.63. The summed E-state index contributed by atoms with van der Waals surface area (Å²) in [6, 6.07) is 32.5. The third-order valence-corrected chi connectivity index (χ3v) is 7.42. The molecule has 3 aromatic carbocycles. The summed E-state index contributed by atoms with van der Waals surface area (Å²) in [5.74, 6) is 0.691. The van der Waals surface area contributed by atoms with Crippen molar-refractivity contribution in [1.82, 2.24) is 4.90 Å². The molecule has 4 unspecified atom stereocenters. The SMILES string of the molecule is CN(C)C(c1ccccc1)C1CC(c2ccccc2)CCC1(O)CCCc1ccccc1. The lowest BCUT2D eigenvalue weighted by Gasteiger charge is -2.49. The summed E-state index contributed by atoms with van der Waals surface area (Å²) in [6.45, 7) is 0. The summed E-state index contributed by atoms with van der Waals surface area (Å²) in [6.07, 6.45) is 5.83. The van der Waals surface area contributed by atoms with E-state index in [4.69, 9.17) is 0 Å². The molecule has 4 rings (SSSR count). The van der Waals surface area contributed by atoms with Crippen molar-refractivity contribution in [2.45, 2.75) is 56.1 Å². The fraction of sp³-hybridized carbons (Fsp3) is 0.400. The summed E-state index contributed by atoms with van der Waals surface area (Å²) < 4.78 is 0. The van der Waals surface area contributed by atoms with E-state index in [-0.39, 0.29) is 12.0 Å². The Kier molecular flexibility index (Phi) is 7.44. The highest BCUT2D eigenvalue weighted by Gasteiger charge is 2.46. The number of hydrogen-bond donors (Lipinski definition) is 1. The molecule has 1 fully saturated rings. The summed E-state index contributed by atoms with van der Waals surface area (Å²) in [4.78, 5) is 2.32. The second-order valence-corrected chi connectivity index (χ2v) is 9.75.